The van der Waals surface area contributed by atoms with Crippen LogP contribution in [0.5, 0.6) is 0 Å². The lowest BCUT2D eigenvalue weighted by atomic mass is 9.63. The zero-order valence-electron chi connectivity index (χ0n) is 15.8. The molecule has 1 aromatic rings. The van der Waals surface area contributed by atoms with E-state index in [1.807, 2.05) is 32.0 Å². The minimum Gasteiger partial charge on any atom is -0.324 e. The second kappa shape index (κ2) is 5.54. The van der Waals surface area contributed by atoms with Gasteiger partial charge in [0.1, 0.15) is 6.04 Å². The Labute approximate surface area is 158 Å². The van der Waals surface area contributed by atoms with Gasteiger partial charge >= 0.3 is 0 Å². The van der Waals surface area contributed by atoms with E-state index in [1.165, 1.54) is 4.90 Å². The molecule has 6 rings (SSSR count). The molecule has 7 atom stereocenters. The van der Waals surface area contributed by atoms with E-state index in [4.69, 9.17) is 0 Å². The zero-order valence-corrected chi connectivity index (χ0v) is 15.8. The minimum absolute atomic E-state index is 0.154. The lowest BCUT2D eigenvalue weighted by molar-refractivity contribution is -0.146. The maximum Gasteiger partial charge on any atom is 0.247 e. The predicted molar refractivity (Wildman–Crippen MR) is 101 cm³/mol. The number of carbonyl (C=O) groups is 3. The average Bonchev–Trinajstić information content (AvgIpc) is 3.42. The van der Waals surface area contributed by atoms with Gasteiger partial charge in [0.2, 0.25) is 17.7 Å². The Kier molecular flexibility index (Phi) is 3.43. The second-order valence-corrected chi connectivity index (χ2v) is 8.63. The zero-order chi connectivity index (χ0) is 19.0. The van der Waals surface area contributed by atoms with Crippen molar-refractivity contribution >= 4 is 23.4 Å². The van der Waals surface area contributed by atoms with Crippen LogP contribution in [0.4, 0.5) is 5.69 Å². The number of nitrogens with one attached hydrogen (secondary N) is 1. The van der Waals surface area contributed by atoms with Crippen LogP contribution in [0, 0.1) is 49.4 Å². The van der Waals surface area contributed by atoms with Gasteiger partial charge in [0.05, 0.1) is 11.8 Å². The summed E-state index contributed by atoms with van der Waals surface area (Å²) in [5.74, 6) is 0.364. The summed E-state index contributed by atoms with van der Waals surface area (Å²) in [6.45, 7) is 5.53. The molecule has 1 heterocycles. The first kappa shape index (κ1) is 16.7. The van der Waals surface area contributed by atoms with Gasteiger partial charge in [-0.25, -0.2) is 0 Å². The van der Waals surface area contributed by atoms with Gasteiger partial charge < -0.3 is 5.32 Å². The van der Waals surface area contributed by atoms with Crippen LogP contribution in [-0.4, -0.2) is 28.7 Å². The van der Waals surface area contributed by atoms with E-state index in [2.05, 4.69) is 17.5 Å². The summed E-state index contributed by atoms with van der Waals surface area (Å²) in [6, 6.07) is 5.01. The van der Waals surface area contributed by atoms with Crippen LogP contribution in [0.2, 0.25) is 0 Å². The van der Waals surface area contributed by atoms with Crippen molar-refractivity contribution < 1.29 is 14.4 Å². The first-order valence-electron chi connectivity index (χ1n) is 9.82. The Morgan fingerprint density at radius 1 is 1.04 bits per heavy atom. The number of likely N-dealkylation sites (tertiary alicyclic amines) is 1. The molecule has 140 valence electrons. The van der Waals surface area contributed by atoms with Crippen molar-refractivity contribution in [3.05, 3.63) is 41.5 Å². The van der Waals surface area contributed by atoms with E-state index >= 15 is 0 Å². The number of hydrogen-bond donors (Lipinski definition) is 1. The smallest absolute Gasteiger partial charge is 0.247 e. The standard InChI is InChI=1S/C22H24N2O3/c1-10-5-4-6-11(2)19(10)23-20(25)12(3)24-21(26)17-13-7-8-14(16-9-15(13)16)18(17)22(24)27/h4-8,12-18H,9H2,1-3H3,(H,23,25)/t12-,13-,14-,15-,16+,17+,18+/m1/s1. The quantitative estimate of drug-likeness (QED) is 0.662. The molecule has 0 unspecified atom stereocenters. The highest BCUT2D eigenvalue weighted by atomic mass is 16.2. The van der Waals surface area contributed by atoms with Gasteiger partial charge in [-0.15, -0.1) is 0 Å². The Morgan fingerprint density at radius 3 is 2.07 bits per heavy atom. The summed E-state index contributed by atoms with van der Waals surface area (Å²) in [5, 5.41) is 2.93. The number of rotatable bonds is 3. The van der Waals surface area contributed by atoms with Crippen molar-refractivity contribution in [2.24, 2.45) is 35.5 Å². The fraction of sp³-hybridized carbons (Fsp3) is 0.500. The van der Waals surface area contributed by atoms with Gasteiger partial charge in [0, 0.05) is 5.69 Å². The van der Waals surface area contributed by atoms with Gasteiger partial charge in [-0.3, -0.25) is 19.3 Å². The highest BCUT2D eigenvalue weighted by Crippen LogP contribution is 2.65. The van der Waals surface area contributed by atoms with E-state index in [0.29, 0.717) is 11.8 Å². The molecule has 3 fully saturated rings. The van der Waals surface area contributed by atoms with Crippen LogP contribution >= 0.6 is 0 Å². The highest BCUT2D eigenvalue weighted by molar-refractivity contribution is 6.10. The van der Waals surface area contributed by atoms with Gasteiger partial charge in [0.25, 0.3) is 0 Å². The lowest BCUT2D eigenvalue weighted by Gasteiger charge is -2.37. The maximum atomic E-state index is 13.1. The van der Waals surface area contributed by atoms with Crippen LogP contribution in [0.25, 0.3) is 0 Å². The van der Waals surface area contributed by atoms with Crippen LogP contribution in [0.3, 0.4) is 0 Å². The summed E-state index contributed by atoms with van der Waals surface area (Å²) in [6.07, 6.45) is 5.44. The van der Waals surface area contributed by atoms with E-state index in [0.717, 1.165) is 23.2 Å². The molecule has 5 heteroatoms. The van der Waals surface area contributed by atoms with Gasteiger partial charge in [-0.1, -0.05) is 30.4 Å². The Hall–Kier alpha value is -2.43. The first-order chi connectivity index (χ1) is 12.9. The Morgan fingerprint density at radius 2 is 1.56 bits per heavy atom. The normalized spacial score (nSPS) is 36.5. The third-order valence-corrected chi connectivity index (χ3v) is 7.19. The van der Waals surface area contributed by atoms with E-state index in [9.17, 15) is 14.4 Å². The molecule has 0 aromatic heterocycles. The van der Waals surface area contributed by atoms with Crippen molar-refractivity contribution in [3.63, 3.8) is 0 Å². The summed E-state index contributed by atoms with van der Waals surface area (Å²) in [4.78, 5) is 40.4. The number of amides is 3. The van der Waals surface area contributed by atoms with E-state index < -0.39 is 6.04 Å². The maximum absolute atomic E-state index is 13.1. The van der Waals surface area contributed by atoms with Gasteiger partial charge in [-0.2, -0.15) is 0 Å². The molecule has 5 nitrogen and oxygen atoms in total. The molecule has 2 bridgehead atoms. The van der Waals surface area contributed by atoms with Crippen molar-refractivity contribution in [2.75, 3.05) is 5.32 Å². The molecule has 5 aliphatic rings. The molecule has 1 saturated heterocycles. The molecule has 27 heavy (non-hydrogen) atoms. The SMILES string of the molecule is Cc1cccc(C)c1NC(=O)[C@@H](C)N1C(=O)[C@H]2[C@@H]3C=C[C@H]([C@@H]4C[C@H]34)[C@@H]2C1=O. The molecule has 2 saturated carbocycles. The molecule has 1 aromatic carbocycles. The van der Waals surface area contributed by atoms with Crippen LogP contribution in [0.15, 0.2) is 30.4 Å². The van der Waals surface area contributed by atoms with E-state index in [1.54, 1.807) is 6.92 Å². The first-order valence-corrected chi connectivity index (χ1v) is 9.82. The topological polar surface area (TPSA) is 66.5 Å². The molecule has 1 aliphatic heterocycles. The van der Waals surface area contributed by atoms with Crippen LogP contribution < -0.4 is 5.32 Å². The summed E-state index contributed by atoms with van der Waals surface area (Å²) >= 11 is 0. The molecular weight excluding hydrogens is 340 g/mol. The Bertz CT molecular complexity index is 849. The fourth-order valence-electron chi connectivity index (χ4n) is 5.72. The molecule has 1 N–H and O–H groups in total. The number of anilines is 1. The van der Waals surface area contributed by atoms with Gasteiger partial charge in [0.15, 0.2) is 0 Å². The lowest BCUT2D eigenvalue weighted by Crippen LogP contribution is -2.46. The number of allylic oxidation sites excluding steroid dienone is 2. The minimum atomic E-state index is -0.801. The molecular formula is C22H24N2O3. The van der Waals surface area contributed by atoms with Gasteiger partial charge in [-0.05, 0) is 62.0 Å². The largest absolute Gasteiger partial charge is 0.324 e. The van der Waals surface area contributed by atoms with Crippen LogP contribution in [-0.2, 0) is 14.4 Å². The van der Waals surface area contributed by atoms with E-state index in [-0.39, 0.29) is 41.4 Å². The Balaban J connectivity index is 1.40. The second-order valence-electron chi connectivity index (χ2n) is 8.63. The monoisotopic (exact) mass is 364 g/mol. The summed E-state index contributed by atoms with van der Waals surface area (Å²) < 4.78 is 0. The number of carbonyl (C=O) groups excluding carboxylic acids is 3. The number of para-hydroxylation sites is 1. The molecule has 0 spiro atoms. The van der Waals surface area contributed by atoms with Crippen LogP contribution in [0.1, 0.15) is 24.5 Å². The summed E-state index contributed by atoms with van der Waals surface area (Å²) in [7, 11) is 0. The van der Waals surface area contributed by atoms with Crippen molar-refractivity contribution in [3.8, 4) is 0 Å². The fourth-order valence-corrected chi connectivity index (χ4v) is 5.72. The molecule has 4 aliphatic carbocycles. The third kappa shape index (κ3) is 2.20. The highest BCUT2D eigenvalue weighted by Gasteiger charge is 2.67. The average molecular weight is 364 g/mol. The summed E-state index contributed by atoms with van der Waals surface area (Å²) in [5.41, 5.74) is 2.69. The number of aryl methyl sites for hydroxylation is 2. The molecule has 3 amide bonds. The number of nitrogens with zero attached hydrogens (tertiary/aromatic N) is 1. The van der Waals surface area contributed by atoms with Crippen molar-refractivity contribution in [1.82, 2.24) is 4.90 Å². The third-order valence-electron chi connectivity index (χ3n) is 7.19. The predicted octanol–water partition coefficient (Wildman–Crippen LogP) is 2.68. The number of benzene rings is 1. The number of hydrogen-bond acceptors (Lipinski definition) is 3. The van der Waals surface area contributed by atoms with Crippen molar-refractivity contribution in [1.29, 1.82) is 0 Å². The van der Waals surface area contributed by atoms with Crippen molar-refractivity contribution in [2.45, 2.75) is 33.2 Å². The number of imide groups is 1. The molecule has 0 radical (unpaired) electrons.